The van der Waals surface area contributed by atoms with Crippen LogP contribution in [-0.4, -0.2) is 67.2 Å². The zero-order valence-electron chi connectivity index (χ0n) is 18.4. The van der Waals surface area contributed by atoms with Gasteiger partial charge >= 0.3 is 0 Å². The Kier molecular flexibility index (Phi) is 6.31. The van der Waals surface area contributed by atoms with E-state index < -0.39 is 0 Å². The summed E-state index contributed by atoms with van der Waals surface area (Å²) in [4.78, 5) is 19.6. The third kappa shape index (κ3) is 4.48. The van der Waals surface area contributed by atoms with Crippen LogP contribution in [0.25, 0.3) is 5.31 Å². The van der Waals surface area contributed by atoms with E-state index >= 15 is 0 Å². The van der Waals surface area contributed by atoms with Crippen LogP contribution in [0.4, 0.5) is 0 Å². The number of nitrogens with zero attached hydrogens (tertiary/aromatic N) is 3. The van der Waals surface area contributed by atoms with E-state index in [1.54, 1.807) is 7.11 Å². The summed E-state index contributed by atoms with van der Waals surface area (Å²) < 4.78 is 5.37. The number of amides is 1. The number of ether oxygens (including phenoxy) is 1. The van der Waals surface area contributed by atoms with Crippen LogP contribution in [0.1, 0.15) is 24.0 Å². The fourth-order valence-corrected chi connectivity index (χ4v) is 5.94. The standard InChI is InChI=1S/C24H32N3O2P/c1-17-13-19(5-7-21(17)29-4)22-14-23(28)27-16-20(6-8-24(27)30-22)26-11-9-18(10-12-26)15-25(2)3/h5-8,13-14,16,18,24,30H,9-12,15H2,1-4H3. The van der Waals surface area contributed by atoms with Crippen molar-refractivity contribution >= 4 is 19.8 Å². The van der Waals surface area contributed by atoms with Gasteiger partial charge in [0.15, 0.2) is 0 Å². The second kappa shape index (κ2) is 8.95. The van der Waals surface area contributed by atoms with E-state index in [4.69, 9.17) is 4.74 Å². The Morgan fingerprint density at radius 3 is 2.67 bits per heavy atom. The molecule has 1 amide bonds. The van der Waals surface area contributed by atoms with Crippen molar-refractivity contribution in [1.82, 2.24) is 14.7 Å². The van der Waals surface area contributed by atoms with E-state index in [2.05, 4.69) is 54.4 Å². The fraction of sp³-hybridized carbons (Fsp3) is 0.458. The maximum absolute atomic E-state index is 12.9. The average Bonchev–Trinajstić information content (AvgIpc) is 2.73. The van der Waals surface area contributed by atoms with Crippen LogP contribution >= 0.6 is 8.58 Å². The number of allylic oxidation sites excluding steroid dienone is 1. The number of benzene rings is 1. The predicted molar refractivity (Wildman–Crippen MR) is 125 cm³/mol. The van der Waals surface area contributed by atoms with Crippen molar-refractivity contribution in [1.29, 1.82) is 0 Å². The lowest BCUT2D eigenvalue weighted by molar-refractivity contribution is -0.123. The third-order valence-corrected chi connectivity index (χ3v) is 7.67. The fourth-order valence-electron chi connectivity index (χ4n) is 4.56. The number of hydrogen-bond acceptors (Lipinski definition) is 4. The number of rotatable bonds is 5. The normalized spacial score (nSPS) is 23.0. The summed E-state index contributed by atoms with van der Waals surface area (Å²) >= 11 is 0. The highest BCUT2D eigenvalue weighted by Crippen LogP contribution is 2.45. The summed E-state index contributed by atoms with van der Waals surface area (Å²) in [6, 6.07) is 6.16. The van der Waals surface area contributed by atoms with Gasteiger partial charge in [-0.3, -0.25) is 4.79 Å². The summed E-state index contributed by atoms with van der Waals surface area (Å²) in [5.74, 6) is 1.85. The number of methoxy groups -OCH3 is 1. The highest BCUT2D eigenvalue weighted by atomic mass is 31.1. The second-order valence-electron chi connectivity index (χ2n) is 8.68. The molecule has 0 spiro atoms. The van der Waals surface area contributed by atoms with Gasteiger partial charge in [-0.1, -0.05) is 20.7 Å². The van der Waals surface area contributed by atoms with Crippen LogP contribution in [0.2, 0.25) is 0 Å². The van der Waals surface area contributed by atoms with Crippen LogP contribution in [0.15, 0.2) is 48.3 Å². The Labute approximate surface area is 181 Å². The summed E-state index contributed by atoms with van der Waals surface area (Å²) in [5, 5.41) is 1.12. The number of carbonyl (C=O) groups is 1. The van der Waals surface area contributed by atoms with Gasteiger partial charge in [-0.05, 0) is 74.4 Å². The van der Waals surface area contributed by atoms with Gasteiger partial charge in [0.05, 0.1) is 18.6 Å². The lowest BCUT2D eigenvalue weighted by Gasteiger charge is -2.39. The molecule has 0 aromatic heterocycles. The first kappa shape index (κ1) is 21.1. The molecule has 2 unspecified atom stereocenters. The first-order valence-electron chi connectivity index (χ1n) is 10.7. The molecule has 0 radical (unpaired) electrons. The molecule has 1 aromatic rings. The Bertz CT molecular complexity index is 898. The quantitative estimate of drug-likeness (QED) is 0.671. The van der Waals surface area contributed by atoms with Crippen molar-refractivity contribution in [2.75, 3.05) is 40.8 Å². The van der Waals surface area contributed by atoms with Crippen molar-refractivity contribution in [3.05, 3.63) is 59.5 Å². The monoisotopic (exact) mass is 425 g/mol. The number of hydrogen-bond donors (Lipinski definition) is 0. The molecule has 0 saturated carbocycles. The minimum absolute atomic E-state index is 0.0755. The molecule has 160 valence electrons. The van der Waals surface area contributed by atoms with Gasteiger partial charge in [0.2, 0.25) is 0 Å². The molecule has 3 aliphatic rings. The Hall–Kier alpha value is -2.10. The van der Waals surface area contributed by atoms with Crippen LogP contribution in [0.3, 0.4) is 0 Å². The van der Waals surface area contributed by atoms with E-state index in [1.165, 1.54) is 18.5 Å². The largest absolute Gasteiger partial charge is 0.496 e. The molecule has 4 rings (SSSR count). The van der Waals surface area contributed by atoms with Gasteiger partial charge in [-0.25, -0.2) is 0 Å². The van der Waals surface area contributed by atoms with Gasteiger partial charge in [0.1, 0.15) is 5.75 Å². The molecule has 5 nitrogen and oxygen atoms in total. The SMILES string of the molecule is COc1ccc(C2=CC(=O)N3C=C(N4CCC(CN(C)C)CC4)C=CC3P2)cc1C. The van der Waals surface area contributed by atoms with Crippen molar-refractivity contribution in [2.45, 2.75) is 25.5 Å². The summed E-state index contributed by atoms with van der Waals surface area (Å²) in [5.41, 5.74) is 3.38. The summed E-state index contributed by atoms with van der Waals surface area (Å²) in [6.45, 7) is 5.33. The molecule has 3 aliphatic heterocycles. The number of carbonyl (C=O) groups excluding carboxylic acids is 1. The molecule has 3 heterocycles. The molecule has 0 bridgehead atoms. The number of aryl methyl sites for hydroxylation is 1. The van der Waals surface area contributed by atoms with Crippen molar-refractivity contribution < 1.29 is 9.53 Å². The Balaban J connectivity index is 1.46. The Morgan fingerprint density at radius 1 is 1.23 bits per heavy atom. The first-order chi connectivity index (χ1) is 14.4. The van der Waals surface area contributed by atoms with Gasteiger partial charge in [-0.2, -0.15) is 0 Å². The molecular formula is C24H32N3O2P. The zero-order chi connectivity index (χ0) is 21.3. The molecule has 1 saturated heterocycles. The lowest BCUT2D eigenvalue weighted by atomic mass is 9.96. The average molecular weight is 426 g/mol. The molecule has 2 atom stereocenters. The van der Waals surface area contributed by atoms with Gasteiger partial charge in [0, 0.05) is 31.9 Å². The van der Waals surface area contributed by atoms with Crippen LogP contribution in [-0.2, 0) is 4.79 Å². The van der Waals surface area contributed by atoms with Gasteiger partial charge in [-0.15, -0.1) is 0 Å². The maximum atomic E-state index is 12.9. The minimum atomic E-state index is 0.0755. The smallest absolute Gasteiger partial charge is 0.252 e. The molecule has 1 aromatic carbocycles. The van der Waals surface area contributed by atoms with Gasteiger partial charge < -0.3 is 19.4 Å². The van der Waals surface area contributed by atoms with Crippen molar-refractivity contribution in [3.63, 3.8) is 0 Å². The van der Waals surface area contributed by atoms with Crippen LogP contribution < -0.4 is 4.74 Å². The van der Waals surface area contributed by atoms with Crippen molar-refractivity contribution in [2.24, 2.45) is 5.92 Å². The third-order valence-electron chi connectivity index (χ3n) is 6.15. The van der Waals surface area contributed by atoms with E-state index in [9.17, 15) is 4.79 Å². The van der Waals surface area contributed by atoms with E-state index in [0.717, 1.165) is 47.7 Å². The first-order valence-corrected chi connectivity index (χ1v) is 11.8. The van der Waals surface area contributed by atoms with E-state index in [0.29, 0.717) is 8.58 Å². The van der Waals surface area contributed by atoms with E-state index in [-0.39, 0.29) is 11.7 Å². The second-order valence-corrected chi connectivity index (χ2v) is 10.1. The summed E-state index contributed by atoms with van der Waals surface area (Å²) in [6.07, 6.45) is 10.7. The maximum Gasteiger partial charge on any atom is 0.252 e. The molecule has 1 fully saturated rings. The number of fused-ring (bicyclic) bond motifs is 1. The van der Waals surface area contributed by atoms with Crippen molar-refractivity contribution in [3.8, 4) is 5.75 Å². The highest BCUT2D eigenvalue weighted by Gasteiger charge is 2.30. The lowest BCUT2D eigenvalue weighted by Crippen LogP contribution is -2.40. The van der Waals surface area contributed by atoms with Gasteiger partial charge in [0.25, 0.3) is 5.91 Å². The number of likely N-dealkylation sites (tertiary alicyclic amines) is 1. The summed E-state index contributed by atoms with van der Waals surface area (Å²) in [7, 11) is 6.53. The topological polar surface area (TPSA) is 36.0 Å². The molecule has 6 heteroatoms. The Morgan fingerprint density at radius 2 is 2.00 bits per heavy atom. The number of piperidine rings is 1. The van der Waals surface area contributed by atoms with E-state index in [1.807, 2.05) is 24.0 Å². The predicted octanol–water partition coefficient (Wildman–Crippen LogP) is 3.88. The molecule has 0 N–H and O–H groups in total. The van der Waals surface area contributed by atoms with Crippen LogP contribution in [0.5, 0.6) is 5.75 Å². The highest BCUT2D eigenvalue weighted by molar-refractivity contribution is 7.51. The molecule has 0 aliphatic carbocycles. The van der Waals surface area contributed by atoms with Crippen LogP contribution in [0, 0.1) is 12.8 Å². The molecular weight excluding hydrogens is 393 g/mol. The minimum Gasteiger partial charge on any atom is -0.496 e. The molecule has 30 heavy (non-hydrogen) atoms. The zero-order valence-corrected chi connectivity index (χ0v) is 19.4.